The number of rotatable bonds is 2. The Balaban J connectivity index is 1.42. The number of nitrogens with one attached hydrogen (secondary N) is 1. The maximum absolute atomic E-state index is 12.1. The zero-order chi connectivity index (χ0) is 11.4. The van der Waals surface area contributed by atoms with Crippen LogP contribution in [-0.2, 0) is 6.54 Å². The molecule has 6 heteroatoms. The van der Waals surface area contributed by atoms with Crippen LogP contribution < -0.4 is 5.32 Å². The summed E-state index contributed by atoms with van der Waals surface area (Å²) in [6.07, 6.45) is 0. The van der Waals surface area contributed by atoms with Gasteiger partial charge in [-0.05, 0) is 0 Å². The van der Waals surface area contributed by atoms with Crippen LogP contribution in [0.3, 0.4) is 0 Å². The van der Waals surface area contributed by atoms with E-state index in [0.717, 1.165) is 37.6 Å². The first-order chi connectivity index (χ1) is 8.33. The van der Waals surface area contributed by atoms with Gasteiger partial charge in [-0.3, -0.25) is 9.69 Å². The van der Waals surface area contributed by atoms with E-state index in [0.29, 0.717) is 17.8 Å². The number of likely N-dealkylation sites (tertiary alicyclic amines) is 1. The number of nitrogens with zero attached hydrogens (tertiary/aromatic N) is 3. The summed E-state index contributed by atoms with van der Waals surface area (Å²) in [5.74, 6) is 0.137. The molecule has 1 amide bonds. The predicted molar refractivity (Wildman–Crippen MR) is 64.0 cm³/mol. The molecular weight excluding hydrogens is 236 g/mol. The number of carbonyl (C=O) groups excluding carboxylic acids is 1. The van der Waals surface area contributed by atoms with Crippen LogP contribution in [0.2, 0.25) is 0 Å². The average Bonchev–Trinajstić information content (AvgIpc) is 2.72. The molecule has 0 atom stereocenters. The van der Waals surface area contributed by atoms with Crippen LogP contribution in [0.1, 0.15) is 15.4 Å². The fourth-order valence-corrected chi connectivity index (χ4v) is 3.48. The quantitative estimate of drug-likeness (QED) is 0.787. The zero-order valence-electron chi connectivity index (χ0n) is 9.43. The van der Waals surface area contributed by atoms with E-state index in [1.807, 2.05) is 4.90 Å². The van der Waals surface area contributed by atoms with Crippen LogP contribution in [0.25, 0.3) is 0 Å². The van der Waals surface area contributed by atoms with E-state index in [-0.39, 0.29) is 5.91 Å². The number of hydrogen-bond acceptors (Lipinski definition) is 5. The van der Waals surface area contributed by atoms with Gasteiger partial charge >= 0.3 is 0 Å². The summed E-state index contributed by atoms with van der Waals surface area (Å²) in [5.41, 5.74) is 2.46. The number of aromatic nitrogens is 1. The largest absolute Gasteiger partial charge is 0.326 e. The lowest BCUT2D eigenvalue weighted by molar-refractivity contribution is -0.00451. The third kappa shape index (κ3) is 1.38. The summed E-state index contributed by atoms with van der Waals surface area (Å²) >= 11 is 1.60. The third-order valence-electron chi connectivity index (χ3n) is 4.03. The minimum Gasteiger partial charge on any atom is -0.326 e. The molecule has 0 bridgehead atoms. The molecule has 0 aliphatic carbocycles. The molecule has 4 rings (SSSR count). The molecule has 3 aliphatic rings. The van der Waals surface area contributed by atoms with Gasteiger partial charge < -0.3 is 10.2 Å². The van der Waals surface area contributed by atoms with E-state index in [4.69, 9.17) is 0 Å². The Labute approximate surface area is 103 Å². The molecular formula is C11H14N4OS. The van der Waals surface area contributed by atoms with E-state index >= 15 is 0 Å². The summed E-state index contributed by atoms with van der Waals surface area (Å²) in [5, 5.41) is 3.28. The van der Waals surface area contributed by atoms with Gasteiger partial charge in [0.15, 0.2) is 0 Å². The Morgan fingerprint density at radius 3 is 2.82 bits per heavy atom. The predicted octanol–water partition coefficient (Wildman–Crippen LogP) is -0.245. The number of carbonyl (C=O) groups is 1. The van der Waals surface area contributed by atoms with Crippen LogP contribution in [-0.4, -0.2) is 59.0 Å². The second-order valence-corrected chi connectivity index (χ2v) is 5.92. The standard InChI is InChI=1S/C11H14N4OS/c16-11-10-9(17-6-13-10)5-15(11)8-3-14(4-8)7-1-12-2-7/h6-8,12H,1-5H2. The summed E-state index contributed by atoms with van der Waals surface area (Å²) in [6.45, 7) is 5.06. The second kappa shape index (κ2) is 3.51. The van der Waals surface area contributed by atoms with Crippen molar-refractivity contribution in [2.75, 3.05) is 26.2 Å². The van der Waals surface area contributed by atoms with E-state index in [9.17, 15) is 4.79 Å². The monoisotopic (exact) mass is 250 g/mol. The molecule has 0 aromatic carbocycles. The van der Waals surface area contributed by atoms with Crippen LogP contribution >= 0.6 is 11.3 Å². The number of fused-ring (bicyclic) bond motifs is 1. The maximum atomic E-state index is 12.1. The van der Waals surface area contributed by atoms with Gasteiger partial charge in [-0.1, -0.05) is 0 Å². The minimum absolute atomic E-state index is 0.137. The van der Waals surface area contributed by atoms with Crippen molar-refractivity contribution in [1.29, 1.82) is 0 Å². The van der Waals surface area contributed by atoms with E-state index in [1.165, 1.54) is 0 Å². The highest BCUT2D eigenvalue weighted by atomic mass is 32.1. The molecule has 4 heterocycles. The number of hydrogen-bond donors (Lipinski definition) is 1. The van der Waals surface area contributed by atoms with Gasteiger partial charge in [0, 0.05) is 32.2 Å². The molecule has 0 unspecified atom stereocenters. The molecule has 90 valence electrons. The molecule has 0 saturated carbocycles. The SMILES string of the molecule is O=C1c2ncsc2CN1C1CN(C2CNC2)C1. The first-order valence-electron chi connectivity index (χ1n) is 6.01. The first kappa shape index (κ1) is 9.99. The van der Waals surface area contributed by atoms with Crippen LogP contribution in [0.4, 0.5) is 0 Å². The smallest absolute Gasteiger partial charge is 0.274 e. The fraction of sp³-hybridized carbons (Fsp3) is 0.636. The topological polar surface area (TPSA) is 48.5 Å². The Kier molecular flexibility index (Phi) is 2.06. The highest BCUT2D eigenvalue weighted by molar-refractivity contribution is 7.10. The Morgan fingerprint density at radius 1 is 1.35 bits per heavy atom. The molecule has 1 aromatic rings. The van der Waals surface area contributed by atoms with E-state index < -0.39 is 0 Å². The average molecular weight is 250 g/mol. The van der Waals surface area contributed by atoms with Crippen LogP contribution in [0.15, 0.2) is 5.51 Å². The molecule has 17 heavy (non-hydrogen) atoms. The van der Waals surface area contributed by atoms with Crippen molar-refractivity contribution < 1.29 is 4.79 Å². The van der Waals surface area contributed by atoms with Crippen molar-refractivity contribution in [2.45, 2.75) is 18.6 Å². The normalized spacial score (nSPS) is 25.9. The fourth-order valence-electron chi connectivity index (χ4n) is 2.73. The van der Waals surface area contributed by atoms with Crippen molar-refractivity contribution in [3.05, 3.63) is 16.1 Å². The third-order valence-corrected chi connectivity index (χ3v) is 4.84. The molecule has 0 radical (unpaired) electrons. The molecule has 0 spiro atoms. The summed E-state index contributed by atoms with van der Waals surface area (Å²) in [7, 11) is 0. The Bertz CT molecular complexity index is 464. The summed E-state index contributed by atoms with van der Waals surface area (Å²) in [6, 6.07) is 1.11. The van der Waals surface area contributed by atoms with E-state index in [1.54, 1.807) is 16.8 Å². The van der Waals surface area contributed by atoms with Gasteiger partial charge in [-0.15, -0.1) is 11.3 Å². The first-order valence-corrected chi connectivity index (χ1v) is 6.89. The maximum Gasteiger partial charge on any atom is 0.274 e. The summed E-state index contributed by atoms with van der Waals surface area (Å²) in [4.78, 5) is 21.8. The second-order valence-electron chi connectivity index (χ2n) is 4.98. The molecule has 5 nitrogen and oxygen atoms in total. The van der Waals surface area contributed by atoms with Crippen molar-refractivity contribution in [3.63, 3.8) is 0 Å². The molecule has 2 fully saturated rings. The molecule has 1 aromatic heterocycles. The summed E-state index contributed by atoms with van der Waals surface area (Å²) < 4.78 is 0. The van der Waals surface area contributed by atoms with Crippen molar-refractivity contribution in [3.8, 4) is 0 Å². The van der Waals surface area contributed by atoms with Crippen LogP contribution in [0.5, 0.6) is 0 Å². The highest BCUT2D eigenvalue weighted by Crippen LogP contribution is 2.30. The number of thiazole rings is 1. The van der Waals surface area contributed by atoms with Gasteiger partial charge in [0.1, 0.15) is 5.69 Å². The van der Waals surface area contributed by atoms with Crippen molar-refractivity contribution >= 4 is 17.2 Å². The van der Waals surface area contributed by atoms with Gasteiger partial charge in [0.25, 0.3) is 5.91 Å². The van der Waals surface area contributed by atoms with Crippen molar-refractivity contribution in [1.82, 2.24) is 20.1 Å². The van der Waals surface area contributed by atoms with Crippen LogP contribution in [0, 0.1) is 0 Å². The lowest BCUT2D eigenvalue weighted by Crippen LogP contribution is -2.68. The van der Waals surface area contributed by atoms with Gasteiger partial charge in [-0.25, -0.2) is 4.98 Å². The lowest BCUT2D eigenvalue weighted by atomic mass is 10.0. The lowest BCUT2D eigenvalue weighted by Gasteiger charge is -2.50. The van der Waals surface area contributed by atoms with Gasteiger partial charge in [0.2, 0.25) is 0 Å². The number of amides is 1. The molecule has 1 N–H and O–H groups in total. The van der Waals surface area contributed by atoms with Gasteiger partial charge in [0.05, 0.1) is 23.0 Å². The highest BCUT2D eigenvalue weighted by Gasteiger charge is 2.43. The van der Waals surface area contributed by atoms with Crippen molar-refractivity contribution in [2.24, 2.45) is 0 Å². The Morgan fingerprint density at radius 2 is 2.18 bits per heavy atom. The zero-order valence-corrected chi connectivity index (χ0v) is 10.2. The molecule has 3 aliphatic heterocycles. The molecule has 2 saturated heterocycles. The van der Waals surface area contributed by atoms with Gasteiger partial charge in [-0.2, -0.15) is 0 Å². The minimum atomic E-state index is 0.137. The Hall–Kier alpha value is -0.980. The van der Waals surface area contributed by atoms with E-state index in [2.05, 4.69) is 15.2 Å².